The Bertz CT molecular complexity index is 1560. The molecule has 3 aromatic rings. The van der Waals surface area contributed by atoms with Crippen molar-refractivity contribution in [2.24, 2.45) is 5.92 Å². The van der Waals surface area contributed by atoms with E-state index in [-0.39, 0.29) is 31.8 Å². The number of carbonyl (C=O) groups is 2. The van der Waals surface area contributed by atoms with Gasteiger partial charge in [0.05, 0.1) is 24.2 Å². The minimum atomic E-state index is -4.15. The van der Waals surface area contributed by atoms with E-state index < -0.39 is 32.4 Å². The number of sulfone groups is 1. The Morgan fingerprint density at radius 1 is 1.05 bits per heavy atom. The van der Waals surface area contributed by atoms with E-state index in [1.165, 1.54) is 18.3 Å². The number of ketones is 1. The van der Waals surface area contributed by atoms with Crippen LogP contribution in [0.15, 0.2) is 51.8 Å². The van der Waals surface area contributed by atoms with Crippen molar-refractivity contribution in [3.8, 4) is 0 Å². The largest absolute Gasteiger partial charge is 0.325 e. The van der Waals surface area contributed by atoms with Crippen molar-refractivity contribution in [3.05, 3.63) is 59.4 Å². The Balaban J connectivity index is 1.60. The van der Waals surface area contributed by atoms with Gasteiger partial charge in [-0.15, -0.1) is 0 Å². The zero-order valence-electron chi connectivity index (χ0n) is 20.7. The minimum Gasteiger partial charge on any atom is -0.307 e. The lowest BCUT2D eigenvalue weighted by Gasteiger charge is -2.14. The maximum absolute atomic E-state index is 13.2. The molecule has 4 rings (SSSR count). The first kappa shape index (κ1) is 27.8. The number of hydrogen-bond acceptors (Lipinski definition) is 9. The van der Waals surface area contributed by atoms with Crippen LogP contribution in [0.3, 0.4) is 0 Å². The summed E-state index contributed by atoms with van der Waals surface area (Å²) in [4.78, 5) is 34.0. The summed E-state index contributed by atoms with van der Waals surface area (Å²) in [5, 5.41) is 4.86. The van der Waals surface area contributed by atoms with Gasteiger partial charge in [-0.25, -0.2) is 36.3 Å². The van der Waals surface area contributed by atoms with Crippen molar-refractivity contribution in [3.63, 3.8) is 0 Å². The van der Waals surface area contributed by atoms with Crippen LogP contribution in [0, 0.1) is 12.8 Å². The standard InChI is InChI=1S/C24H27N5O6S3/c1-15-10-11-18(17(13-15)21(30)16-7-3-4-8-16)27-23(31)29-24-28-19(14-26-37(2,32)33)22(36-24)38(34,35)20-9-5-6-12-25-20/h5-6,9-13,16,26H,3-4,7-8,14H2,1-2H3,(H2,27,28,29,31). The van der Waals surface area contributed by atoms with Crippen LogP contribution in [-0.4, -0.2) is 44.9 Å². The zero-order valence-corrected chi connectivity index (χ0v) is 23.2. The van der Waals surface area contributed by atoms with E-state index in [0.717, 1.165) is 37.5 Å². The molecule has 1 aliphatic rings. The molecule has 0 saturated heterocycles. The molecule has 0 aliphatic heterocycles. The van der Waals surface area contributed by atoms with E-state index in [1.54, 1.807) is 24.3 Å². The predicted octanol–water partition coefficient (Wildman–Crippen LogP) is 3.75. The quantitative estimate of drug-likeness (QED) is 0.324. The van der Waals surface area contributed by atoms with Crippen molar-refractivity contribution in [1.82, 2.24) is 14.7 Å². The summed E-state index contributed by atoms with van der Waals surface area (Å²) in [6.45, 7) is 1.46. The molecule has 0 spiro atoms. The third kappa shape index (κ3) is 6.62. The lowest BCUT2D eigenvalue weighted by molar-refractivity contribution is 0.0923. The molecule has 11 nitrogen and oxygen atoms in total. The van der Waals surface area contributed by atoms with Crippen LogP contribution in [0.5, 0.6) is 0 Å². The lowest BCUT2D eigenvalue weighted by atomic mass is 9.94. The van der Waals surface area contributed by atoms with Crippen molar-refractivity contribution >= 4 is 53.8 Å². The molecule has 1 saturated carbocycles. The number of rotatable bonds is 9. The van der Waals surface area contributed by atoms with Gasteiger partial charge in [-0.05, 0) is 44.0 Å². The van der Waals surface area contributed by atoms with Gasteiger partial charge in [0, 0.05) is 17.7 Å². The van der Waals surface area contributed by atoms with Crippen molar-refractivity contribution in [2.75, 3.05) is 16.9 Å². The number of pyridine rings is 1. The number of hydrogen-bond donors (Lipinski definition) is 3. The maximum Gasteiger partial charge on any atom is 0.325 e. The Labute approximate surface area is 225 Å². The summed E-state index contributed by atoms with van der Waals surface area (Å²) in [6, 6.07) is 8.82. The van der Waals surface area contributed by atoms with Gasteiger partial charge in [-0.1, -0.05) is 41.9 Å². The van der Waals surface area contributed by atoms with E-state index in [0.29, 0.717) is 22.6 Å². The first-order valence-electron chi connectivity index (χ1n) is 11.8. The molecule has 14 heteroatoms. The van der Waals surface area contributed by atoms with E-state index >= 15 is 0 Å². The molecule has 0 unspecified atom stereocenters. The second-order valence-electron chi connectivity index (χ2n) is 8.99. The highest BCUT2D eigenvalue weighted by molar-refractivity contribution is 7.93. The number of carbonyl (C=O) groups excluding carboxylic acids is 2. The lowest BCUT2D eigenvalue weighted by Crippen LogP contribution is -2.23. The van der Waals surface area contributed by atoms with E-state index in [9.17, 15) is 26.4 Å². The number of urea groups is 1. The fraction of sp³-hybridized carbons (Fsp3) is 0.333. The summed E-state index contributed by atoms with van der Waals surface area (Å²) in [6.07, 6.45) is 5.88. The molecular formula is C24H27N5O6S3. The number of nitrogens with zero attached hydrogens (tertiary/aromatic N) is 2. The molecule has 3 N–H and O–H groups in total. The predicted molar refractivity (Wildman–Crippen MR) is 144 cm³/mol. The number of anilines is 2. The van der Waals surface area contributed by atoms with Gasteiger partial charge < -0.3 is 5.32 Å². The number of aromatic nitrogens is 2. The fourth-order valence-electron chi connectivity index (χ4n) is 4.14. The molecule has 38 heavy (non-hydrogen) atoms. The van der Waals surface area contributed by atoms with Crippen LogP contribution >= 0.6 is 11.3 Å². The van der Waals surface area contributed by atoms with Crippen molar-refractivity contribution in [1.29, 1.82) is 0 Å². The smallest absolute Gasteiger partial charge is 0.307 e. The summed E-state index contributed by atoms with van der Waals surface area (Å²) in [5.41, 5.74) is 1.54. The normalized spacial score (nSPS) is 14.4. The molecule has 1 fully saturated rings. The second-order valence-corrected chi connectivity index (χ2v) is 13.9. The Morgan fingerprint density at radius 3 is 2.45 bits per heavy atom. The summed E-state index contributed by atoms with van der Waals surface area (Å²) in [5.74, 6) is -0.0998. The first-order chi connectivity index (χ1) is 17.9. The summed E-state index contributed by atoms with van der Waals surface area (Å²) in [7, 11) is -7.80. The molecule has 0 radical (unpaired) electrons. The van der Waals surface area contributed by atoms with Crippen LogP contribution in [0.25, 0.3) is 0 Å². The van der Waals surface area contributed by atoms with E-state index in [2.05, 4.69) is 25.3 Å². The molecule has 0 atom stereocenters. The number of Topliss-reactive ketones (excluding diaryl/α,β-unsaturated/α-hetero) is 1. The molecule has 2 amide bonds. The van der Waals surface area contributed by atoms with Crippen LogP contribution in [0.1, 0.15) is 47.3 Å². The van der Waals surface area contributed by atoms with Gasteiger partial charge in [0.2, 0.25) is 19.9 Å². The monoisotopic (exact) mass is 577 g/mol. The van der Waals surface area contributed by atoms with Gasteiger partial charge >= 0.3 is 6.03 Å². The molecule has 1 aromatic carbocycles. The Hall–Kier alpha value is -3.20. The number of sulfonamides is 1. The van der Waals surface area contributed by atoms with Crippen molar-refractivity contribution in [2.45, 2.75) is 48.4 Å². The van der Waals surface area contributed by atoms with Gasteiger partial charge in [0.15, 0.2) is 20.1 Å². The highest BCUT2D eigenvalue weighted by atomic mass is 32.2. The van der Waals surface area contributed by atoms with Crippen LogP contribution in [0.2, 0.25) is 0 Å². The Kier molecular flexibility index (Phi) is 8.25. The van der Waals surface area contributed by atoms with Crippen molar-refractivity contribution < 1.29 is 26.4 Å². The zero-order chi connectivity index (χ0) is 27.5. The summed E-state index contributed by atoms with van der Waals surface area (Å²) < 4.78 is 51.6. The number of thiazole rings is 1. The Morgan fingerprint density at radius 2 is 1.79 bits per heavy atom. The number of nitrogens with one attached hydrogen (secondary N) is 3. The number of benzene rings is 1. The number of amides is 2. The first-order valence-corrected chi connectivity index (χ1v) is 16.0. The van der Waals surface area contributed by atoms with E-state index in [1.807, 2.05) is 6.92 Å². The second kappa shape index (κ2) is 11.3. The molecule has 0 bridgehead atoms. The SMILES string of the molecule is Cc1ccc(NC(=O)Nc2nc(CNS(C)(=O)=O)c(S(=O)(=O)c3ccccn3)s2)c(C(=O)C2CCCC2)c1. The highest BCUT2D eigenvalue weighted by Crippen LogP contribution is 2.33. The third-order valence-electron chi connectivity index (χ3n) is 5.96. The molecule has 1 aliphatic carbocycles. The van der Waals surface area contributed by atoms with Gasteiger partial charge in [-0.3, -0.25) is 10.1 Å². The van der Waals surface area contributed by atoms with Gasteiger partial charge in [0.1, 0.15) is 0 Å². The molecule has 2 aromatic heterocycles. The highest BCUT2D eigenvalue weighted by Gasteiger charge is 2.29. The molecule has 202 valence electrons. The topological polar surface area (TPSA) is 164 Å². The maximum atomic E-state index is 13.2. The molecular weight excluding hydrogens is 550 g/mol. The molecule has 2 heterocycles. The van der Waals surface area contributed by atoms with Crippen LogP contribution in [-0.2, 0) is 26.4 Å². The van der Waals surface area contributed by atoms with Gasteiger partial charge in [0.25, 0.3) is 0 Å². The van der Waals surface area contributed by atoms with Crippen LogP contribution in [0.4, 0.5) is 15.6 Å². The van der Waals surface area contributed by atoms with Crippen LogP contribution < -0.4 is 15.4 Å². The number of aryl methyl sites for hydroxylation is 1. The third-order valence-corrected chi connectivity index (χ3v) is 9.86. The average molecular weight is 578 g/mol. The van der Waals surface area contributed by atoms with E-state index in [4.69, 9.17) is 0 Å². The average Bonchev–Trinajstić information content (AvgIpc) is 3.54. The minimum absolute atomic E-state index is 0.0198. The summed E-state index contributed by atoms with van der Waals surface area (Å²) >= 11 is 0.671. The van der Waals surface area contributed by atoms with Gasteiger partial charge in [-0.2, -0.15) is 0 Å². The fourth-order valence-corrected chi connectivity index (χ4v) is 7.26.